The van der Waals surface area contributed by atoms with Crippen LogP contribution in [-0.4, -0.2) is 0 Å². The number of nitrogens with two attached hydrogens (primary N) is 1. The molecule has 0 aliphatic heterocycles. The molecule has 0 fully saturated rings. The van der Waals surface area contributed by atoms with E-state index in [-0.39, 0.29) is 6.04 Å². The molecule has 2 N–H and O–H groups in total. The highest BCUT2D eigenvalue weighted by Crippen LogP contribution is 2.20. The summed E-state index contributed by atoms with van der Waals surface area (Å²) < 4.78 is 0. The van der Waals surface area contributed by atoms with E-state index in [1.54, 1.807) is 0 Å². The topological polar surface area (TPSA) is 26.0 Å². The first-order valence-corrected chi connectivity index (χ1v) is 4.97. The normalized spacial score (nSPS) is 12.6. The smallest absolute Gasteiger partial charge is 0.0332 e. The Morgan fingerprint density at radius 2 is 1.79 bits per heavy atom. The van der Waals surface area contributed by atoms with E-state index in [1.165, 1.54) is 16.7 Å². The van der Waals surface area contributed by atoms with Gasteiger partial charge >= 0.3 is 0 Å². The van der Waals surface area contributed by atoms with Crippen LogP contribution in [0.3, 0.4) is 0 Å². The summed E-state index contributed by atoms with van der Waals surface area (Å²) >= 11 is 0. The van der Waals surface area contributed by atoms with Crippen LogP contribution < -0.4 is 5.73 Å². The molecule has 0 saturated carbocycles. The van der Waals surface area contributed by atoms with Gasteiger partial charge in [0.25, 0.3) is 0 Å². The molecule has 0 aliphatic rings. The molecule has 0 aromatic heterocycles. The summed E-state index contributed by atoms with van der Waals surface area (Å²) in [5.74, 6) is 0. The van der Waals surface area contributed by atoms with Crippen LogP contribution in [-0.2, 0) is 0 Å². The largest absolute Gasteiger partial charge is 0.324 e. The van der Waals surface area contributed by atoms with Gasteiger partial charge in [0.05, 0.1) is 0 Å². The lowest BCUT2D eigenvalue weighted by atomic mass is 9.98. The van der Waals surface area contributed by atoms with E-state index >= 15 is 0 Å². The van der Waals surface area contributed by atoms with Gasteiger partial charge in [-0.3, -0.25) is 0 Å². The van der Waals surface area contributed by atoms with Gasteiger partial charge in [0.15, 0.2) is 0 Å². The lowest BCUT2D eigenvalue weighted by Crippen LogP contribution is -2.10. The van der Waals surface area contributed by atoms with Crippen LogP contribution in [0.4, 0.5) is 0 Å². The molecule has 1 nitrogen and oxygen atoms in total. The van der Waals surface area contributed by atoms with Crippen LogP contribution in [0.1, 0.15) is 36.1 Å². The second-order valence-electron chi connectivity index (χ2n) is 4.19. The van der Waals surface area contributed by atoms with Gasteiger partial charge in [0, 0.05) is 6.04 Å². The van der Waals surface area contributed by atoms with Crippen molar-refractivity contribution in [2.45, 2.75) is 33.2 Å². The SMILES string of the molecule is C=C(C)CC(N)c1cc(C)cc(C)c1. The van der Waals surface area contributed by atoms with E-state index in [2.05, 4.69) is 38.6 Å². The van der Waals surface area contributed by atoms with Gasteiger partial charge in [-0.1, -0.05) is 34.9 Å². The fourth-order valence-corrected chi connectivity index (χ4v) is 1.72. The molecule has 1 rings (SSSR count). The van der Waals surface area contributed by atoms with Crippen LogP contribution >= 0.6 is 0 Å². The van der Waals surface area contributed by atoms with Crippen LogP contribution in [0.2, 0.25) is 0 Å². The molecule has 1 atom stereocenters. The first kappa shape index (κ1) is 11.0. The molecule has 76 valence electrons. The first-order chi connectivity index (χ1) is 6.49. The average molecular weight is 189 g/mol. The van der Waals surface area contributed by atoms with Gasteiger partial charge in [-0.2, -0.15) is 0 Å². The maximum atomic E-state index is 6.07. The molecule has 1 aromatic carbocycles. The van der Waals surface area contributed by atoms with E-state index < -0.39 is 0 Å². The molecule has 1 unspecified atom stereocenters. The molecule has 0 aliphatic carbocycles. The van der Waals surface area contributed by atoms with Crippen molar-refractivity contribution in [2.75, 3.05) is 0 Å². The Hall–Kier alpha value is -1.08. The Balaban J connectivity index is 2.89. The van der Waals surface area contributed by atoms with E-state index in [4.69, 9.17) is 5.73 Å². The Bertz CT molecular complexity index is 319. The summed E-state index contributed by atoms with van der Waals surface area (Å²) in [6.45, 7) is 10.1. The minimum absolute atomic E-state index is 0.0890. The Morgan fingerprint density at radius 1 is 1.29 bits per heavy atom. The number of hydrogen-bond acceptors (Lipinski definition) is 1. The average Bonchev–Trinajstić information content (AvgIpc) is 2.00. The van der Waals surface area contributed by atoms with E-state index in [9.17, 15) is 0 Å². The summed E-state index contributed by atoms with van der Waals surface area (Å²) in [5.41, 5.74) is 11.0. The minimum Gasteiger partial charge on any atom is -0.324 e. The molecular weight excluding hydrogens is 170 g/mol. The Labute approximate surface area is 86.6 Å². The zero-order chi connectivity index (χ0) is 10.7. The lowest BCUT2D eigenvalue weighted by molar-refractivity contribution is 0.715. The molecule has 0 saturated heterocycles. The molecule has 1 aromatic rings. The molecule has 1 heteroatoms. The van der Waals surface area contributed by atoms with Crippen molar-refractivity contribution >= 4 is 0 Å². The number of aryl methyl sites for hydroxylation is 2. The number of hydrogen-bond donors (Lipinski definition) is 1. The van der Waals surface area contributed by atoms with Crippen LogP contribution in [0, 0.1) is 13.8 Å². The van der Waals surface area contributed by atoms with Crippen molar-refractivity contribution in [2.24, 2.45) is 5.73 Å². The van der Waals surface area contributed by atoms with Gasteiger partial charge in [0.1, 0.15) is 0 Å². The Kier molecular flexibility index (Phi) is 3.48. The third kappa shape index (κ3) is 3.00. The standard InChI is InChI=1S/C13H19N/c1-9(2)5-13(14)12-7-10(3)6-11(4)8-12/h6-8,13H,1,5,14H2,2-4H3. The van der Waals surface area contributed by atoms with Crippen molar-refractivity contribution < 1.29 is 0 Å². The van der Waals surface area contributed by atoms with Gasteiger partial charge < -0.3 is 5.73 Å². The maximum Gasteiger partial charge on any atom is 0.0332 e. The van der Waals surface area contributed by atoms with Gasteiger partial charge in [-0.25, -0.2) is 0 Å². The first-order valence-electron chi connectivity index (χ1n) is 4.97. The third-order valence-electron chi connectivity index (χ3n) is 2.24. The van der Waals surface area contributed by atoms with E-state index in [0.717, 1.165) is 12.0 Å². The molecule has 0 amide bonds. The quantitative estimate of drug-likeness (QED) is 0.726. The highest BCUT2D eigenvalue weighted by molar-refractivity contribution is 5.31. The van der Waals surface area contributed by atoms with Crippen molar-refractivity contribution in [3.8, 4) is 0 Å². The third-order valence-corrected chi connectivity index (χ3v) is 2.24. The fraction of sp³-hybridized carbons (Fsp3) is 0.385. The molecule has 0 radical (unpaired) electrons. The molecular formula is C13H19N. The van der Waals surface area contributed by atoms with E-state index in [1.807, 2.05) is 6.92 Å². The second kappa shape index (κ2) is 4.43. The van der Waals surface area contributed by atoms with Crippen molar-refractivity contribution in [1.82, 2.24) is 0 Å². The van der Waals surface area contributed by atoms with Crippen molar-refractivity contribution in [1.29, 1.82) is 0 Å². The summed E-state index contributed by atoms with van der Waals surface area (Å²) in [7, 11) is 0. The lowest BCUT2D eigenvalue weighted by Gasteiger charge is -2.13. The maximum absolute atomic E-state index is 6.07. The predicted molar refractivity (Wildman–Crippen MR) is 62.3 cm³/mol. The van der Waals surface area contributed by atoms with Crippen molar-refractivity contribution in [3.63, 3.8) is 0 Å². The van der Waals surface area contributed by atoms with Gasteiger partial charge in [-0.05, 0) is 32.8 Å². The summed E-state index contributed by atoms with van der Waals surface area (Å²) in [5, 5.41) is 0. The van der Waals surface area contributed by atoms with E-state index in [0.29, 0.717) is 0 Å². The summed E-state index contributed by atoms with van der Waals surface area (Å²) in [6.07, 6.45) is 0.864. The molecule has 0 spiro atoms. The second-order valence-corrected chi connectivity index (χ2v) is 4.19. The number of benzene rings is 1. The van der Waals surface area contributed by atoms with Crippen LogP contribution in [0.5, 0.6) is 0 Å². The Morgan fingerprint density at radius 3 is 2.21 bits per heavy atom. The summed E-state index contributed by atoms with van der Waals surface area (Å²) in [4.78, 5) is 0. The van der Waals surface area contributed by atoms with Crippen molar-refractivity contribution in [3.05, 3.63) is 47.0 Å². The molecule has 0 heterocycles. The molecule has 14 heavy (non-hydrogen) atoms. The zero-order valence-corrected chi connectivity index (χ0v) is 9.30. The highest BCUT2D eigenvalue weighted by Gasteiger charge is 2.06. The molecule has 0 bridgehead atoms. The van der Waals surface area contributed by atoms with Gasteiger partial charge in [-0.15, -0.1) is 6.58 Å². The zero-order valence-electron chi connectivity index (χ0n) is 9.30. The predicted octanol–water partition coefficient (Wildman–Crippen LogP) is 3.27. The fourth-order valence-electron chi connectivity index (χ4n) is 1.72. The monoisotopic (exact) mass is 189 g/mol. The van der Waals surface area contributed by atoms with Crippen LogP contribution in [0.25, 0.3) is 0 Å². The number of rotatable bonds is 3. The minimum atomic E-state index is 0.0890. The highest BCUT2D eigenvalue weighted by atomic mass is 14.6. The van der Waals surface area contributed by atoms with Gasteiger partial charge in [0.2, 0.25) is 0 Å². The van der Waals surface area contributed by atoms with Crippen LogP contribution in [0.15, 0.2) is 30.4 Å². The summed E-state index contributed by atoms with van der Waals surface area (Å²) in [6, 6.07) is 6.56.